The summed E-state index contributed by atoms with van der Waals surface area (Å²) in [7, 11) is 0. The summed E-state index contributed by atoms with van der Waals surface area (Å²) in [5, 5.41) is 0. The second-order valence-electron chi connectivity index (χ2n) is 7.74. The van der Waals surface area contributed by atoms with Gasteiger partial charge in [0.1, 0.15) is 11.5 Å². The molecule has 6 nitrogen and oxygen atoms in total. The summed E-state index contributed by atoms with van der Waals surface area (Å²) in [6.45, 7) is 11.3. The van der Waals surface area contributed by atoms with Crippen LogP contribution in [0.1, 0.15) is 70.2 Å². The smallest absolute Gasteiger partial charge is 0.355 e. The van der Waals surface area contributed by atoms with Gasteiger partial charge in [0.25, 0.3) is 5.91 Å². The highest BCUT2D eigenvalue weighted by molar-refractivity contribution is 6.07. The van der Waals surface area contributed by atoms with Gasteiger partial charge in [0.15, 0.2) is 5.78 Å². The minimum absolute atomic E-state index is 0.119. The van der Waals surface area contributed by atoms with Crippen LogP contribution in [0.5, 0.6) is 0 Å². The number of benzene rings is 1. The van der Waals surface area contributed by atoms with Crippen LogP contribution in [0.4, 0.5) is 4.39 Å². The maximum Gasteiger partial charge on any atom is 0.355 e. The molecule has 1 aromatic heterocycles. The Labute approximate surface area is 176 Å². The fourth-order valence-electron chi connectivity index (χ4n) is 3.45. The van der Waals surface area contributed by atoms with E-state index in [9.17, 15) is 18.8 Å². The van der Waals surface area contributed by atoms with Gasteiger partial charge >= 0.3 is 5.97 Å². The standard InChI is InChI=1S/C23H29FN2O4/c1-7-30-23(29)20-14(4)19(15(5)25-20)21(27)16(6)26(12-13(2)3)22(28)17-8-10-18(24)11-9-17/h8-11,13,16,25H,7,12H2,1-6H3/t16-/m0/s1. The summed E-state index contributed by atoms with van der Waals surface area (Å²) in [4.78, 5) is 43.1. The summed E-state index contributed by atoms with van der Waals surface area (Å²) < 4.78 is 18.3. The summed E-state index contributed by atoms with van der Waals surface area (Å²) in [6, 6.07) is 4.49. The van der Waals surface area contributed by atoms with Crippen LogP contribution in [0, 0.1) is 25.6 Å². The van der Waals surface area contributed by atoms with Crippen molar-refractivity contribution in [1.82, 2.24) is 9.88 Å². The van der Waals surface area contributed by atoms with Crippen LogP contribution in [0.3, 0.4) is 0 Å². The van der Waals surface area contributed by atoms with Crippen molar-refractivity contribution < 1.29 is 23.5 Å². The fraction of sp³-hybridized carbons (Fsp3) is 0.435. The Bertz CT molecular complexity index is 931. The summed E-state index contributed by atoms with van der Waals surface area (Å²) in [5.74, 6) is -1.45. The van der Waals surface area contributed by atoms with Crippen molar-refractivity contribution in [2.24, 2.45) is 5.92 Å². The number of hydrogen-bond acceptors (Lipinski definition) is 4. The molecular formula is C23H29FN2O4. The molecule has 0 aliphatic rings. The molecule has 162 valence electrons. The van der Waals surface area contributed by atoms with Gasteiger partial charge < -0.3 is 14.6 Å². The van der Waals surface area contributed by atoms with E-state index in [0.29, 0.717) is 28.9 Å². The molecule has 1 aromatic carbocycles. The average Bonchev–Trinajstić information content (AvgIpc) is 2.99. The minimum Gasteiger partial charge on any atom is -0.461 e. The number of aromatic amines is 1. The van der Waals surface area contributed by atoms with Crippen LogP contribution in [-0.4, -0.2) is 46.7 Å². The number of aromatic nitrogens is 1. The molecule has 0 spiro atoms. The van der Waals surface area contributed by atoms with Crippen LogP contribution >= 0.6 is 0 Å². The zero-order valence-corrected chi connectivity index (χ0v) is 18.3. The molecule has 0 saturated carbocycles. The molecule has 30 heavy (non-hydrogen) atoms. The molecule has 1 amide bonds. The SMILES string of the molecule is CCOC(=O)c1[nH]c(C)c(C(=O)[C@H](C)N(CC(C)C)C(=O)c2ccc(F)cc2)c1C. The molecule has 0 bridgehead atoms. The third-order valence-electron chi connectivity index (χ3n) is 4.92. The molecule has 2 rings (SSSR count). The predicted octanol–water partition coefficient (Wildman–Crippen LogP) is 4.32. The van der Waals surface area contributed by atoms with Crippen LogP contribution < -0.4 is 0 Å². The number of rotatable bonds is 8. The highest BCUT2D eigenvalue weighted by Crippen LogP contribution is 2.23. The van der Waals surface area contributed by atoms with Crippen LogP contribution in [-0.2, 0) is 4.74 Å². The number of Topliss-reactive ketones (excluding diaryl/α,β-unsaturated/α-hetero) is 1. The number of nitrogens with one attached hydrogen (secondary N) is 1. The van der Waals surface area contributed by atoms with E-state index in [4.69, 9.17) is 4.74 Å². The number of carbonyl (C=O) groups is 3. The quantitative estimate of drug-likeness (QED) is 0.513. The number of nitrogens with zero attached hydrogens (tertiary/aromatic N) is 1. The summed E-state index contributed by atoms with van der Waals surface area (Å²) >= 11 is 0. The lowest BCUT2D eigenvalue weighted by molar-refractivity contribution is 0.0518. The van der Waals surface area contributed by atoms with E-state index in [1.165, 1.54) is 29.2 Å². The van der Waals surface area contributed by atoms with E-state index < -0.39 is 17.8 Å². The molecule has 0 unspecified atom stereocenters. The molecule has 1 N–H and O–H groups in total. The minimum atomic E-state index is -0.770. The van der Waals surface area contributed by atoms with Crippen molar-refractivity contribution in [3.63, 3.8) is 0 Å². The fourth-order valence-corrected chi connectivity index (χ4v) is 3.45. The summed E-state index contributed by atoms with van der Waals surface area (Å²) in [5.41, 5.74) is 1.98. The van der Waals surface area contributed by atoms with Gasteiger partial charge in [0.05, 0.1) is 12.6 Å². The Morgan fingerprint density at radius 2 is 1.70 bits per heavy atom. The molecule has 0 saturated heterocycles. The third-order valence-corrected chi connectivity index (χ3v) is 4.92. The Morgan fingerprint density at radius 1 is 1.10 bits per heavy atom. The van der Waals surface area contributed by atoms with Crippen LogP contribution in [0.15, 0.2) is 24.3 Å². The normalized spacial score (nSPS) is 12.0. The van der Waals surface area contributed by atoms with Gasteiger partial charge in [-0.3, -0.25) is 9.59 Å². The molecule has 0 radical (unpaired) electrons. The number of hydrogen-bond donors (Lipinski definition) is 1. The first-order valence-corrected chi connectivity index (χ1v) is 10.0. The Hall–Kier alpha value is -2.96. The molecule has 0 aliphatic heterocycles. The highest BCUT2D eigenvalue weighted by atomic mass is 19.1. The van der Waals surface area contributed by atoms with Crippen molar-refractivity contribution in [3.8, 4) is 0 Å². The lowest BCUT2D eigenvalue weighted by Gasteiger charge is -2.30. The van der Waals surface area contributed by atoms with Crippen LogP contribution in [0.2, 0.25) is 0 Å². The van der Waals surface area contributed by atoms with Gasteiger partial charge in [-0.25, -0.2) is 9.18 Å². The van der Waals surface area contributed by atoms with Gasteiger partial charge in [0.2, 0.25) is 0 Å². The first-order valence-electron chi connectivity index (χ1n) is 10.0. The molecule has 1 atom stereocenters. The Balaban J connectivity index is 2.39. The first kappa shape index (κ1) is 23.3. The number of amides is 1. The maximum atomic E-state index is 13.4. The van der Waals surface area contributed by atoms with E-state index in [1.807, 2.05) is 13.8 Å². The molecular weight excluding hydrogens is 387 g/mol. The van der Waals surface area contributed by atoms with Crippen molar-refractivity contribution in [2.75, 3.05) is 13.2 Å². The van der Waals surface area contributed by atoms with E-state index in [2.05, 4.69) is 4.98 Å². The zero-order valence-electron chi connectivity index (χ0n) is 18.3. The monoisotopic (exact) mass is 416 g/mol. The van der Waals surface area contributed by atoms with E-state index in [0.717, 1.165) is 0 Å². The van der Waals surface area contributed by atoms with Crippen LogP contribution in [0.25, 0.3) is 0 Å². The van der Waals surface area contributed by atoms with Crippen molar-refractivity contribution in [1.29, 1.82) is 0 Å². The lowest BCUT2D eigenvalue weighted by atomic mass is 9.98. The number of aryl methyl sites for hydroxylation is 1. The molecule has 0 fully saturated rings. The highest BCUT2D eigenvalue weighted by Gasteiger charge is 2.32. The summed E-state index contributed by atoms with van der Waals surface area (Å²) in [6.07, 6.45) is 0. The molecule has 7 heteroatoms. The second kappa shape index (κ2) is 9.69. The molecule has 2 aromatic rings. The predicted molar refractivity (Wildman–Crippen MR) is 112 cm³/mol. The second-order valence-corrected chi connectivity index (χ2v) is 7.74. The number of ketones is 1. The third kappa shape index (κ3) is 4.96. The van der Waals surface area contributed by atoms with Gasteiger partial charge in [0, 0.05) is 23.4 Å². The number of H-pyrrole nitrogens is 1. The molecule has 1 heterocycles. The maximum absolute atomic E-state index is 13.4. The van der Waals surface area contributed by atoms with E-state index in [1.54, 1.807) is 27.7 Å². The van der Waals surface area contributed by atoms with Gasteiger partial charge in [-0.15, -0.1) is 0 Å². The molecule has 0 aliphatic carbocycles. The Kier molecular flexibility index (Phi) is 7.54. The Morgan fingerprint density at radius 3 is 2.23 bits per heavy atom. The van der Waals surface area contributed by atoms with Crippen molar-refractivity contribution >= 4 is 17.7 Å². The lowest BCUT2D eigenvalue weighted by Crippen LogP contribution is -2.45. The van der Waals surface area contributed by atoms with Crippen molar-refractivity contribution in [3.05, 3.63) is 58.2 Å². The largest absolute Gasteiger partial charge is 0.461 e. The van der Waals surface area contributed by atoms with E-state index in [-0.39, 0.29) is 29.9 Å². The average molecular weight is 416 g/mol. The number of esters is 1. The van der Waals surface area contributed by atoms with Gasteiger partial charge in [-0.2, -0.15) is 0 Å². The number of halogens is 1. The zero-order chi connectivity index (χ0) is 22.6. The van der Waals surface area contributed by atoms with E-state index >= 15 is 0 Å². The van der Waals surface area contributed by atoms with Gasteiger partial charge in [-0.1, -0.05) is 13.8 Å². The number of ether oxygens (including phenoxy) is 1. The number of carbonyl (C=O) groups excluding carboxylic acids is 3. The van der Waals surface area contributed by atoms with Gasteiger partial charge in [-0.05, 0) is 63.4 Å². The topological polar surface area (TPSA) is 79.5 Å². The van der Waals surface area contributed by atoms with Crippen molar-refractivity contribution in [2.45, 2.75) is 47.6 Å². The first-order chi connectivity index (χ1) is 14.1.